The number of pyridine rings is 3. The van der Waals surface area contributed by atoms with E-state index in [2.05, 4.69) is 19.9 Å². The molecule has 4 rings (SSSR count). The largest absolute Gasteiger partial charge is 0.274 e. The summed E-state index contributed by atoms with van der Waals surface area (Å²) in [6.45, 7) is 2.83. The van der Waals surface area contributed by atoms with Gasteiger partial charge in [-0.3, -0.25) is 14.5 Å². The molecule has 4 heterocycles. The molecule has 0 bridgehead atoms. The van der Waals surface area contributed by atoms with Crippen LogP contribution in [0.15, 0.2) is 48.9 Å². The maximum absolute atomic E-state index is 13.8. The molecule has 0 aliphatic heterocycles. The molecule has 6 nitrogen and oxygen atoms in total. The zero-order chi connectivity index (χ0) is 20.6. The Kier molecular flexibility index (Phi) is 4.51. The Balaban J connectivity index is 1.97. The molecular formula is C21H16F2N6. The van der Waals surface area contributed by atoms with E-state index < -0.39 is 5.92 Å². The summed E-state index contributed by atoms with van der Waals surface area (Å²) in [5.41, 5.74) is 3.05. The van der Waals surface area contributed by atoms with E-state index >= 15 is 0 Å². The van der Waals surface area contributed by atoms with Crippen LogP contribution < -0.4 is 0 Å². The van der Waals surface area contributed by atoms with Crippen molar-refractivity contribution in [2.75, 3.05) is 0 Å². The second kappa shape index (κ2) is 7.02. The van der Waals surface area contributed by atoms with Crippen LogP contribution in [0.25, 0.3) is 28.4 Å². The first-order chi connectivity index (χ1) is 13.9. The third-order valence-corrected chi connectivity index (χ3v) is 4.56. The smallest absolute Gasteiger partial charge is 0.272 e. The topological polar surface area (TPSA) is 80.3 Å². The molecule has 8 heteroatoms. The van der Waals surface area contributed by atoms with E-state index in [0.29, 0.717) is 33.9 Å². The van der Waals surface area contributed by atoms with Gasteiger partial charge < -0.3 is 0 Å². The van der Waals surface area contributed by atoms with Crippen LogP contribution in [-0.4, -0.2) is 24.5 Å². The molecule has 0 amide bonds. The van der Waals surface area contributed by atoms with Crippen LogP contribution in [0.5, 0.6) is 0 Å². The monoisotopic (exact) mass is 390 g/mol. The highest BCUT2D eigenvalue weighted by Crippen LogP contribution is 2.31. The molecule has 144 valence electrons. The van der Waals surface area contributed by atoms with Crippen molar-refractivity contribution in [1.82, 2.24) is 24.5 Å². The van der Waals surface area contributed by atoms with Gasteiger partial charge in [0.25, 0.3) is 5.92 Å². The van der Waals surface area contributed by atoms with Gasteiger partial charge in [0.2, 0.25) is 0 Å². The van der Waals surface area contributed by atoms with Crippen molar-refractivity contribution < 1.29 is 8.78 Å². The number of aryl methyl sites for hydroxylation is 1. The van der Waals surface area contributed by atoms with E-state index in [1.165, 1.54) is 12.3 Å². The van der Waals surface area contributed by atoms with Crippen molar-refractivity contribution in [1.29, 1.82) is 5.26 Å². The van der Waals surface area contributed by atoms with Gasteiger partial charge in [-0.25, -0.2) is 18.7 Å². The summed E-state index contributed by atoms with van der Waals surface area (Å²) in [6, 6.07) is 10.4. The van der Waals surface area contributed by atoms with Crippen molar-refractivity contribution in [2.24, 2.45) is 0 Å². The minimum absolute atomic E-state index is 0.214. The number of nitrogens with zero attached hydrogens (tertiary/aromatic N) is 6. The van der Waals surface area contributed by atoms with E-state index in [0.717, 1.165) is 25.2 Å². The zero-order valence-electron chi connectivity index (χ0n) is 15.8. The zero-order valence-corrected chi connectivity index (χ0v) is 15.8. The summed E-state index contributed by atoms with van der Waals surface area (Å²) in [5.74, 6) is -2.60. The lowest BCUT2D eigenvalue weighted by Crippen LogP contribution is -2.07. The molecule has 0 N–H and O–H groups in total. The maximum atomic E-state index is 13.8. The van der Waals surface area contributed by atoms with Crippen LogP contribution in [0, 0.1) is 11.3 Å². The Bertz CT molecular complexity index is 1220. The minimum Gasteiger partial charge on any atom is -0.274 e. The van der Waals surface area contributed by atoms with Gasteiger partial charge in [0, 0.05) is 30.6 Å². The Hall–Kier alpha value is -3.73. The second-order valence-corrected chi connectivity index (χ2v) is 6.63. The van der Waals surface area contributed by atoms with Crippen LogP contribution in [0.4, 0.5) is 8.78 Å². The quantitative estimate of drug-likeness (QED) is 0.515. The average Bonchev–Trinajstić information content (AvgIpc) is 3.12. The van der Waals surface area contributed by atoms with Crippen molar-refractivity contribution in [2.45, 2.75) is 26.2 Å². The summed E-state index contributed by atoms with van der Waals surface area (Å²) in [4.78, 5) is 17.5. The highest BCUT2D eigenvalue weighted by atomic mass is 19.3. The van der Waals surface area contributed by atoms with Crippen LogP contribution in [0.2, 0.25) is 0 Å². The fourth-order valence-electron chi connectivity index (χ4n) is 2.97. The van der Waals surface area contributed by atoms with E-state index in [4.69, 9.17) is 5.26 Å². The third-order valence-electron chi connectivity index (χ3n) is 4.56. The lowest BCUT2D eigenvalue weighted by molar-refractivity contribution is 0.0173. The predicted octanol–water partition coefficient (Wildman–Crippen LogP) is 4.42. The summed E-state index contributed by atoms with van der Waals surface area (Å²) < 4.78 is 29.3. The highest BCUT2D eigenvalue weighted by Gasteiger charge is 2.26. The molecule has 4 aromatic rings. The predicted molar refractivity (Wildman–Crippen MR) is 104 cm³/mol. The van der Waals surface area contributed by atoms with Gasteiger partial charge in [0.15, 0.2) is 11.5 Å². The first-order valence-electron chi connectivity index (χ1n) is 8.99. The fraction of sp³-hybridized carbons (Fsp3) is 0.190. The van der Waals surface area contributed by atoms with Crippen molar-refractivity contribution in [3.63, 3.8) is 0 Å². The van der Waals surface area contributed by atoms with Gasteiger partial charge in [0.05, 0.1) is 17.4 Å². The average molecular weight is 390 g/mol. The molecule has 0 saturated carbocycles. The molecule has 0 aliphatic rings. The lowest BCUT2D eigenvalue weighted by Gasteiger charge is -2.11. The second-order valence-electron chi connectivity index (χ2n) is 6.63. The SMILES string of the molecule is CCc1ccc(-n2c(-c3ccc(C#N)cn3)nc3cc(C(C)(F)F)cnc32)cn1. The number of hydrogen-bond donors (Lipinski definition) is 0. The summed E-state index contributed by atoms with van der Waals surface area (Å²) in [5, 5.41) is 9.00. The standard InChI is InChI=1S/C21H16F2N6/c1-3-15-5-6-16(12-25-15)29-19-18(8-14(11-27-19)21(2,22)23)28-20(29)17-7-4-13(9-24)10-26-17/h4-8,10-12H,3H2,1-2H3. The molecule has 0 fully saturated rings. The fourth-order valence-corrected chi connectivity index (χ4v) is 2.97. The van der Waals surface area contributed by atoms with Gasteiger partial charge in [-0.15, -0.1) is 0 Å². The molecule has 29 heavy (non-hydrogen) atoms. The van der Waals surface area contributed by atoms with Gasteiger partial charge in [-0.05, 0) is 36.8 Å². The van der Waals surface area contributed by atoms with E-state index in [9.17, 15) is 8.78 Å². The number of imidazole rings is 1. The molecule has 0 radical (unpaired) electrons. The van der Waals surface area contributed by atoms with Crippen molar-refractivity contribution in [3.8, 4) is 23.3 Å². The molecule has 0 atom stereocenters. The third kappa shape index (κ3) is 3.43. The van der Waals surface area contributed by atoms with E-state index in [1.54, 1.807) is 22.9 Å². The minimum atomic E-state index is -3.03. The maximum Gasteiger partial charge on any atom is 0.272 e. The highest BCUT2D eigenvalue weighted by molar-refractivity contribution is 5.79. The van der Waals surface area contributed by atoms with Gasteiger partial charge in [0.1, 0.15) is 17.3 Å². The Morgan fingerprint density at radius 2 is 1.90 bits per heavy atom. The number of nitriles is 1. The normalized spacial score (nSPS) is 11.6. The molecule has 0 unspecified atom stereocenters. The Labute approximate surface area is 165 Å². The van der Waals surface area contributed by atoms with E-state index in [-0.39, 0.29) is 5.56 Å². The number of halogens is 2. The van der Waals surface area contributed by atoms with Gasteiger partial charge >= 0.3 is 0 Å². The van der Waals surface area contributed by atoms with Crippen LogP contribution in [0.1, 0.15) is 30.7 Å². The number of fused-ring (bicyclic) bond motifs is 1. The summed E-state index contributed by atoms with van der Waals surface area (Å²) >= 11 is 0. The Morgan fingerprint density at radius 1 is 1.07 bits per heavy atom. The lowest BCUT2D eigenvalue weighted by atomic mass is 10.2. The number of hydrogen-bond acceptors (Lipinski definition) is 5. The number of aromatic nitrogens is 5. The van der Waals surface area contributed by atoms with Crippen LogP contribution in [-0.2, 0) is 12.3 Å². The van der Waals surface area contributed by atoms with Crippen LogP contribution in [0.3, 0.4) is 0 Å². The molecular weight excluding hydrogens is 374 g/mol. The number of rotatable bonds is 4. The molecule has 0 spiro atoms. The number of alkyl halides is 2. The summed E-state index contributed by atoms with van der Waals surface area (Å²) in [6.07, 6.45) is 5.08. The van der Waals surface area contributed by atoms with Crippen molar-refractivity contribution in [3.05, 3.63) is 65.7 Å². The first kappa shape index (κ1) is 18.6. The van der Waals surface area contributed by atoms with Crippen molar-refractivity contribution >= 4 is 11.2 Å². The Morgan fingerprint density at radius 3 is 2.48 bits per heavy atom. The van der Waals surface area contributed by atoms with E-state index in [1.807, 2.05) is 25.1 Å². The molecule has 0 aromatic carbocycles. The van der Waals surface area contributed by atoms with Gasteiger partial charge in [-0.2, -0.15) is 5.26 Å². The first-order valence-corrected chi connectivity index (χ1v) is 8.99. The summed E-state index contributed by atoms with van der Waals surface area (Å²) in [7, 11) is 0. The van der Waals surface area contributed by atoms with Gasteiger partial charge in [-0.1, -0.05) is 6.92 Å². The van der Waals surface area contributed by atoms with Crippen LogP contribution >= 0.6 is 0 Å². The molecule has 0 aliphatic carbocycles. The molecule has 4 aromatic heterocycles. The molecule has 0 saturated heterocycles.